The molecule has 0 saturated heterocycles. The van der Waals surface area contributed by atoms with E-state index in [1.807, 2.05) is 48.7 Å². The number of nitrogens with one attached hydrogen (secondary N) is 2. The standard InChI is InChI=1S/C20H23N5OS/c1-15-11-23-19(27-15)13-25-20(21-2)24-12-17-8-9-22-18(10-17)26-14-16-6-4-3-5-7-16/h3-11H,12-14H2,1-2H3,(H2,21,24,25). The third-order valence-corrected chi connectivity index (χ3v) is 4.70. The molecule has 0 aliphatic rings. The molecular formula is C20H23N5OS. The summed E-state index contributed by atoms with van der Waals surface area (Å²) in [7, 11) is 1.75. The molecule has 0 fully saturated rings. The van der Waals surface area contributed by atoms with Crippen LogP contribution in [0.25, 0.3) is 0 Å². The Bertz CT molecular complexity index is 879. The van der Waals surface area contributed by atoms with Crippen LogP contribution in [0.3, 0.4) is 0 Å². The second kappa shape index (κ2) is 9.68. The van der Waals surface area contributed by atoms with E-state index in [0.29, 0.717) is 25.6 Å². The fraction of sp³-hybridized carbons (Fsp3) is 0.250. The third-order valence-electron chi connectivity index (χ3n) is 3.79. The highest BCUT2D eigenvalue weighted by molar-refractivity contribution is 7.11. The van der Waals surface area contributed by atoms with Crippen LogP contribution in [-0.2, 0) is 19.7 Å². The van der Waals surface area contributed by atoms with Crippen LogP contribution in [0.2, 0.25) is 0 Å². The first-order valence-corrected chi connectivity index (χ1v) is 9.52. The quantitative estimate of drug-likeness (QED) is 0.485. The predicted molar refractivity (Wildman–Crippen MR) is 109 cm³/mol. The van der Waals surface area contributed by atoms with Crippen LogP contribution in [0.4, 0.5) is 0 Å². The Morgan fingerprint density at radius 2 is 1.89 bits per heavy atom. The Balaban J connectivity index is 1.49. The largest absolute Gasteiger partial charge is 0.473 e. The van der Waals surface area contributed by atoms with E-state index in [-0.39, 0.29) is 0 Å². The van der Waals surface area contributed by atoms with Gasteiger partial charge in [-0.1, -0.05) is 30.3 Å². The number of thiazole rings is 1. The van der Waals surface area contributed by atoms with E-state index in [0.717, 1.165) is 22.1 Å². The van der Waals surface area contributed by atoms with Crippen molar-refractivity contribution in [2.24, 2.45) is 4.99 Å². The highest BCUT2D eigenvalue weighted by Crippen LogP contribution is 2.12. The maximum atomic E-state index is 5.78. The number of pyridine rings is 1. The lowest BCUT2D eigenvalue weighted by Gasteiger charge is -2.12. The average Bonchev–Trinajstić information content (AvgIpc) is 3.13. The summed E-state index contributed by atoms with van der Waals surface area (Å²) >= 11 is 1.68. The van der Waals surface area contributed by atoms with Crippen LogP contribution in [-0.4, -0.2) is 23.0 Å². The minimum absolute atomic E-state index is 0.501. The summed E-state index contributed by atoms with van der Waals surface area (Å²) < 4.78 is 5.78. The monoisotopic (exact) mass is 381 g/mol. The summed E-state index contributed by atoms with van der Waals surface area (Å²) in [5, 5.41) is 7.60. The summed E-state index contributed by atoms with van der Waals surface area (Å²) in [6, 6.07) is 13.9. The van der Waals surface area contributed by atoms with Gasteiger partial charge < -0.3 is 15.4 Å². The van der Waals surface area contributed by atoms with Crippen molar-refractivity contribution in [2.75, 3.05) is 7.05 Å². The topological polar surface area (TPSA) is 71.4 Å². The van der Waals surface area contributed by atoms with Crippen LogP contribution in [0, 0.1) is 6.92 Å². The summed E-state index contributed by atoms with van der Waals surface area (Å²) in [4.78, 5) is 14.1. The molecule has 0 spiro atoms. The van der Waals surface area contributed by atoms with Crippen molar-refractivity contribution in [1.82, 2.24) is 20.6 Å². The first kappa shape index (κ1) is 18.8. The van der Waals surface area contributed by atoms with Crippen molar-refractivity contribution < 1.29 is 4.74 Å². The lowest BCUT2D eigenvalue weighted by atomic mass is 10.2. The number of nitrogens with zero attached hydrogens (tertiary/aromatic N) is 3. The molecule has 27 heavy (non-hydrogen) atoms. The minimum atomic E-state index is 0.501. The Labute approximate surface area is 163 Å². The molecule has 3 rings (SSSR count). The predicted octanol–water partition coefficient (Wildman–Crippen LogP) is 3.29. The molecular weight excluding hydrogens is 358 g/mol. The van der Waals surface area contributed by atoms with Crippen molar-refractivity contribution in [3.63, 3.8) is 0 Å². The average molecular weight is 382 g/mol. The maximum absolute atomic E-state index is 5.78. The number of rotatable bonds is 7. The normalized spacial score (nSPS) is 11.3. The first-order valence-electron chi connectivity index (χ1n) is 8.70. The van der Waals surface area contributed by atoms with Gasteiger partial charge in [0.05, 0.1) is 6.54 Å². The lowest BCUT2D eigenvalue weighted by Crippen LogP contribution is -2.36. The molecule has 2 heterocycles. The molecule has 0 unspecified atom stereocenters. The number of guanidine groups is 1. The molecule has 7 heteroatoms. The van der Waals surface area contributed by atoms with Crippen molar-refractivity contribution in [1.29, 1.82) is 0 Å². The van der Waals surface area contributed by atoms with Gasteiger partial charge in [-0.15, -0.1) is 11.3 Å². The van der Waals surface area contributed by atoms with E-state index in [1.54, 1.807) is 24.6 Å². The molecule has 0 aliphatic carbocycles. The van der Waals surface area contributed by atoms with E-state index in [1.165, 1.54) is 4.88 Å². The van der Waals surface area contributed by atoms with Gasteiger partial charge >= 0.3 is 0 Å². The molecule has 0 amide bonds. The van der Waals surface area contributed by atoms with E-state index in [9.17, 15) is 0 Å². The van der Waals surface area contributed by atoms with Gasteiger partial charge in [-0.05, 0) is 24.1 Å². The third kappa shape index (κ3) is 6.07. The van der Waals surface area contributed by atoms with Gasteiger partial charge in [0.25, 0.3) is 0 Å². The smallest absolute Gasteiger partial charge is 0.213 e. The number of aliphatic imine (C=N–C) groups is 1. The highest BCUT2D eigenvalue weighted by Gasteiger charge is 2.04. The van der Waals surface area contributed by atoms with Crippen molar-refractivity contribution >= 4 is 17.3 Å². The van der Waals surface area contributed by atoms with Gasteiger partial charge in [-0.3, -0.25) is 4.99 Å². The van der Waals surface area contributed by atoms with Crippen molar-refractivity contribution in [3.05, 3.63) is 75.9 Å². The minimum Gasteiger partial charge on any atom is -0.473 e. The fourth-order valence-electron chi connectivity index (χ4n) is 2.42. The molecule has 1 aromatic carbocycles. The van der Waals surface area contributed by atoms with Gasteiger partial charge in [0.2, 0.25) is 5.88 Å². The van der Waals surface area contributed by atoms with Crippen LogP contribution in [0.1, 0.15) is 21.0 Å². The molecule has 0 atom stereocenters. The van der Waals surface area contributed by atoms with Crippen molar-refractivity contribution in [3.8, 4) is 5.88 Å². The Morgan fingerprint density at radius 1 is 1.07 bits per heavy atom. The summed E-state index contributed by atoms with van der Waals surface area (Å²) in [5.74, 6) is 1.34. The number of aryl methyl sites for hydroxylation is 1. The Kier molecular flexibility index (Phi) is 6.76. The molecule has 0 radical (unpaired) electrons. The van der Waals surface area contributed by atoms with E-state index < -0.39 is 0 Å². The van der Waals surface area contributed by atoms with Gasteiger partial charge in [0, 0.05) is 36.9 Å². The molecule has 0 bridgehead atoms. The van der Waals surface area contributed by atoms with Crippen LogP contribution >= 0.6 is 11.3 Å². The summed E-state index contributed by atoms with van der Waals surface area (Å²) in [5.41, 5.74) is 2.19. The first-order chi connectivity index (χ1) is 13.2. The zero-order valence-corrected chi connectivity index (χ0v) is 16.3. The molecule has 0 aliphatic heterocycles. The van der Waals surface area contributed by atoms with Gasteiger partial charge in [0.1, 0.15) is 11.6 Å². The zero-order chi connectivity index (χ0) is 18.9. The van der Waals surface area contributed by atoms with Crippen LogP contribution in [0.5, 0.6) is 5.88 Å². The molecule has 0 saturated carbocycles. The fourth-order valence-corrected chi connectivity index (χ4v) is 3.15. The zero-order valence-electron chi connectivity index (χ0n) is 15.5. The maximum Gasteiger partial charge on any atom is 0.213 e. The van der Waals surface area contributed by atoms with Gasteiger partial charge in [0.15, 0.2) is 5.96 Å². The number of aromatic nitrogens is 2. The van der Waals surface area contributed by atoms with Crippen LogP contribution < -0.4 is 15.4 Å². The van der Waals surface area contributed by atoms with E-state index in [4.69, 9.17) is 4.74 Å². The molecule has 3 aromatic rings. The molecule has 2 aromatic heterocycles. The Hall–Kier alpha value is -2.93. The van der Waals surface area contributed by atoms with E-state index >= 15 is 0 Å². The molecule has 6 nitrogen and oxygen atoms in total. The number of hydrogen-bond donors (Lipinski definition) is 2. The second-order valence-electron chi connectivity index (χ2n) is 5.92. The SMILES string of the molecule is CN=C(NCc1ccnc(OCc2ccccc2)c1)NCc1ncc(C)s1. The van der Waals surface area contributed by atoms with Gasteiger partial charge in [-0.2, -0.15) is 0 Å². The van der Waals surface area contributed by atoms with Crippen LogP contribution in [0.15, 0.2) is 59.9 Å². The number of benzene rings is 1. The van der Waals surface area contributed by atoms with E-state index in [2.05, 4.69) is 32.5 Å². The summed E-state index contributed by atoms with van der Waals surface area (Å²) in [6.45, 7) is 3.83. The van der Waals surface area contributed by atoms with Gasteiger partial charge in [-0.25, -0.2) is 9.97 Å². The number of hydrogen-bond acceptors (Lipinski definition) is 5. The van der Waals surface area contributed by atoms with Crippen molar-refractivity contribution in [2.45, 2.75) is 26.6 Å². The lowest BCUT2D eigenvalue weighted by molar-refractivity contribution is 0.293. The Morgan fingerprint density at radius 3 is 2.63 bits per heavy atom. The number of ether oxygens (including phenoxy) is 1. The second-order valence-corrected chi connectivity index (χ2v) is 7.24. The molecule has 2 N–H and O–H groups in total. The summed E-state index contributed by atoms with van der Waals surface area (Å²) in [6.07, 6.45) is 3.64. The molecule has 140 valence electrons. The highest BCUT2D eigenvalue weighted by atomic mass is 32.1.